The maximum Gasteiger partial charge on any atom is 0.416 e. The van der Waals surface area contributed by atoms with Crippen molar-refractivity contribution in [3.8, 4) is 5.75 Å². The summed E-state index contributed by atoms with van der Waals surface area (Å²) in [5.74, 6) is -3.89. The molecule has 1 aromatic rings. The maximum absolute atomic E-state index is 13.4. The van der Waals surface area contributed by atoms with Crippen molar-refractivity contribution in [1.29, 1.82) is 0 Å². The SMILES string of the molecule is CC(=O)c1cc(C(F)(F)F)cc(OC(F)F)c1F. The average Bonchev–Trinajstić information content (AvgIpc) is 2.18. The Morgan fingerprint density at radius 1 is 1.28 bits per heavy atom. The maximum atomic E-state index is 13.4. The molecule has 0 radical (unpaired) electrons. The van der Waals surface area contributed by atoms with Crippen LogP contribution in [0.5, 0.6) is 5.75 Å². The minimum absolute atomic E-state index is 0.0773. The molecule has 1 aromatic carbocycles. The zero-order valence-corrected chi connectivity index (χ0v) is 8.82. The number of alkyl halides is 5. The van der Waals surface area contributed by atoms with Crippen molar-refractivity contribution in [3.05, 3.63) is 29.1 Å². The molecule has 0 amide bonds. The molecule has 0 aliphatic rings. The van der Waals surface area contributed by atoms with Gasteiger partial charge in [-0.05, 0) is 19.1 Å². The normalized spacial score (nSPS) is 11.8. The Morgan fingerprint density at radius 2 is 1.83 bits per heavy atom. The van der Waals surface area contributed by atoms with Crippen LogP contribution in [-0.2, 0) is 6.18 Å². The van der Waals surface area contributed by atoms with Gasteiger partial charge in [0.15, 0.2) is 17.3 Å². The number of carbonyl (C=O) groups is 1. The van der Waals surface area contributed by atoms with E-state index in [1.54, 1.807) is 0 Å². The Morgan fingerprint density at radius 3 is 2.22 bits per heavy atom. The van der Waals surface area contributed by atoms with Gasteiger partial charge in [-0.2, -0.15) is 22.0 Å². The number of hydrogen-bond acceptors (Lipinski definition) is 2. The van der Waals surface area contributed by atoms with Crippen LogP contribution in [0.15, 0.2) is 12.1 Å². The first kappa shape index (κ1) is 14.3. The van der Waals surface area contributed by atoms with Gasteiger partial charge >= 0.3 is 12.8 Å². The summed E-state index contributed by atoms with van der Waals surface area (Å²) in [6, 6.07) is 0.323. The zero-order valence-electron chi connectivity index (χ0n) is 8.82. The minimum Gasteiger partial charge on any atom is -0.432 e. The van der Waals surface area contributed by atoms with Crippen LogP contribution in [-0.4, -0.2) is 12.4 Å². The van der Waals surface area contributed by atoms with E-state index in [0.29, 0.717) is 0 Å². The van der Waals surface area contributed by atoms with E-state index in [0.717, 1.165) is 6.92 Å². The summed E-state index contributed by atoms with van der Waals surface area (Å²) in [6.45, 7) is -2.69. The molecule has 0 spiro atoms. The number of rotatable bonds is 3. The van der Waals surface area contributed by atoms with Crippen molar-refractivity contribution in [2.75, 3.05) is 0 Å². The molecule has 0 fully saturated rings. The van der Waals surface area contributed by atoms with E-state index in [2.05, 4.69) is 4.74 Å². The standard InChI is InChI=1S/C10H6F6O2/c1-4(17)6-2-5(10(14,15)16)3-7(8(6)11)18-9(12)13/h2-3,9H,1H3. The fourth-order valence-electron chi connectivity index (χ4n) is 1.20. The number of hydrogen-bond donors (Lipinski definition) is 0. The molecule has 1 rings (SSSR count). The van der Waals surface area contributed by atoms with Gasteiger partial charge in [-0.15, -0.1) is 0 Å². The highest BCUT2D eigenvalue weighted by Gasteiger charge is 2.33. The highest BCUT2D eigenvalue weighted by Crippen LogP contribution is 2.35. The van der Waals surface area contributed by atoms with Crippen molar-refractivity contribution in [2.45, 2.75) is 19.7 Å². The van der Waals surface area contributed by atoms with Crippen LogP contribution < -0.4 is 4.74 Å². The first-order valence-corrected chi connectivity index (χ1v) is 4.49. The van der Waals surface area contributed by atoms with E-state index in [9.17, 15) is 31.1 Å². The van der Waals surface area contributed by atoms with E-state index in [-0.39, 0.29) is 12.1 Å². The number of carbonyl (C=O) groups excluding carboxylic acids is 1. The molecule has 8 heteroatoms. The molecule has 0 saturated carbocycles. The van der Waals surface area contributed by atoms with Crippen molar-refractivity contribution >= 4 is 5.78 Å². The third-order valence-corrected chi connectivity index (χ3v) is 1.96. The molecule has 0 unspecified atom stereocenters. The molecule has 100 valence electrons. The van der Waals surface area contributed by atoms with E-state index < -0.39 is 41.3 Å². The number of halogens is 6. The third kappa shape index (κ3) is 3.14. The van der Waals surface area contributed by atoms with Crippen molar-refractivity contribution in [3.63, 3.8) is 0 Å². The lowest BCUT2D eigenvalue weighted by Crippen LogP contribution is -2.12. The summed E-state index contributed by atoms with van der Waals surface area (Å²) < 4.78 is 78.0. The summed E-state index contributed by atoms with van der Waals surface area (Å²) in [4.78, 5) is 10.9. The predicted octanol–water partition coefficient (Wildman–Crippen LogP) is 3.65. The molecule has 0 aliphatic carbocycles. The monoisotopic (exact) mass is 272 g/mol. The van der Waals surface area contributed by atoms with Crippen LogP contribution in [0.2, 0.25) is 0 Å². The molecular weight excluding hydrogens is 266 g/mol. The smallest absolute Gasteiger partial charge is 0.416 e. The lowest BCUT2D eigenvalue weighted by Gasteiger charge is -2.13. The van der Waals surface area contributed by atoms with Gasteiger partial charge < -0.3 is 4.74 Å². The van der Waals surface area contributed by atoms with Crippen LogP contribution >= 0.6 is 0 Å². The third-order valence-electron chi connectivity index (χ3n) is 1.96. The van der Waals surface area contributed by atoms with Crippen LogP contribution in [0.25, 0.3) is 0 Å². The largest absolute Gasteiger partial charge is 0.432 e. The summed E-state index contributed by atoms with van der Waals surface area (Å²) in [5, 5.41) is 0. The Labute approximate surface area is 97.2 Å². The van der Waals surface area contributed by atoms with Crippen molar-refractivity contribution < 1.29 is 35.9 Å². The number of ether oxygens (including phenoxy) is 1. The van der Waals surface area contributed by atoms with Crippen LogP contribution in [0.3, 0.4) is 0 Å². The van der Waals surface area contributed by atoms with Crippen LogP contribution in [0, 0.1) is 5.82 Å². The summed E-state index contributed by atoms with van der Waals surface area (Å²) in [7, 11) is 0. The first-order chi connectivity index (χ1) is 8.12. The Balaban J connectivity index is 3.42. The number of benzene rings is 1. The highest BCUT2D eigenvalue weighted by molar-refractivity contribution is 5.95. The van der Waals surface area contributed by atoms with Gasteiger partial charge in [0.05, 0.1) is 11.1 Å². The second kappa shape index (κ2) is 4.87. The van der Waals surface area contributed by atoms with Crippen molar-refractivity contribution in [2.24, 2.45) is 0 Å². The lowest BCUT2D eigenvalue weighted by atomic mass is 10.1. The molecule has 0 bridgehead atoms. The fraction of sp³-hybridized carbons (Fsp3) is 0.300. The van der Waals surface area contributed by atoms with Gasteiger partial charge in [-0.25, -0.2) is 4.39 Å². The van der Waals surface area contributed by atoms with Gasteiger partial charge in [0.2, 0.25) is 0 Å². The predicted molar refractivity (Wildman–Crippen MR) is 48.0 cm³/mol. The fourth-order valence-corrected chi connectivity index (χ4v) is 1.20. The number of Topliss-reactive ketones (excluding diaryl/α,β-unsaturated/α-hetero) is 1. The molecule has 0 aromatic heterocycles. The molecule has 0 saturated heterocycles. The van der Waals surface area contributed by atoms with Gasteiger partial charge in [0.1, 0.15) is 0 Å². The van der Waals surface area contributed by atoms with E-state index in [1.807, 2.05) is 0 Å². The first-order valence-electron chi connectivity index (χ1n) is 4.49. The van der Waals surface area contributed by atoms with Gasteiger partial charge in [-0.3, -0.25) is 4.79 Å². The van der Waals surface area contributed by atoms with Crippen molar-refractivity contribution in [1.82, 2.24) is 0 Å². The van der Waals surface area contributed by atoms with Gasteiger partial charge in [0, 0.05) is 0 Å². The van der Waals surface area contributed by atoms with Crippen LogP contribution in [0.1, 0.15) is 22.8 Å². The van der Waals surface area contributed by atoms with E-state index >= 15 is 0 Å². The lowest BCUT2D eigenvalue weighted by molar-refractivity contribution is -0.138. The average molecular weight is 272 g/mol. The number of ketones is 1. The summed E-state index contributed by atoms with van der Waals surface area (Å²) in [6.07, 6.45) is -4.90. The zero-order chi connectivity index (χ0) is 14.1. The molecule has 0 heterocycles. The minimum atomic E-state index is -4.90. The Hall–Kier alpha value is -1.73. The second-order valence-corrected chi connectivity index (χ2v) is 3.27. The topological polar surface area (TPSA) is 26.3 Å². The molecule has 0 aliphatic heterocycles. The van der Waals surface area contributed by atoms with Gasteiger partial charge in [-0.1, -0.05) is 0 Å². The summed E-state index contributed by atoms with van der Waals surface area (Å²) >= 11 is 0. The molecule has 18 heavy (non-hydrogen) atoms. The Bertz CT molecular complexity index is 466. The molecule has 0 atom stereocenters. The quantitative estimate of drug-likeness (QED) is 0.620. The molecule has 2 nitrogen and oxygen atoms in total. The molecule has 0 N–H and O–H groups in total. The highest BCUT2D eigenvalue weighted by atomic mass is 19.4. The second-order valence-electron chi connectivity index (χ2n) is 3.27. The molecular formula is C10H6F6O2. The summed E-state index contributed by atoms with van der Waals surface area (Å²) in [5.41, 5.74) is -2.40. The Kier molecular flexibility index (Phi) is 3.88. The van der Waals surface area contributed by atoms with E-state index in [1.165, 1.54) is 0 Å². The van der Waals surface area contributed by atoms with E-state index in [4.69, 9.17) is 0 Å². The van der Waals surface area contributed by atoms with Crippen LogP contribution in [0.4, 0.5) is 26.3 Å². The van der Waals surface area contributed by atoms with Gasteiger partial charge in [0.25, 0.3) is 0 Å².